The van der Waals surface area contributed by atoms with Crippen LogP contribution in [0.2, 0.25) is 0 Å². The van der Waals surface area contributed by atoms with E-state index in [2.05, 4.69) is 0 Å². The molecule has 0 radical (unpaired) electrons. The minimum atomic E-state index is -3.74. The zero-order chi connectivity index (χ0) is 16.3. The van der Waals surface area contributed by atoms with E-state index in [4.69, 9.17) is 5.26 Å². The Bertz CT molecular complexity index is 802. The summed E-state index contributed by atoms with van der Waals surface area (Å²) in [5.74, 6) is 0. The highest BCUT2D eigenvalue weighted by Gasteiger charge is 2.27. The van der Waals surface area contributed by atoms with Gasteiger partial charge in [0.2, 0.25) is 0 Å². The molecule has 0 aliphatic carbocycles. The van der Waals surface area contributed by atoms with E-state index in [1.165, 1.54) is 15.6 Å². The molecule has 0 aliphatic heterocycles. The summed E-state index contributed by atoms with van der Waals surface area (Å²) in [5, 5.41) is 18.1. The molecule has 1 heterocycles. The second kappa shape index (κ2) is 6.48. The van der Waals surface area contributed by atoms with Gasteiger partial charge in [-0.15, -0.1) is 11.3 Å². The highest BCUT2D eigenvalue weighted by Crippen LogP contribution is 2.30. The molecule has 0 saturated heterocycles. The van der Waals surface area contributed by atoms with Gasteiger partial charge in [-0.1, -0.05) is 0 Å². The molecule has 0 unspecified atom stereocenters. The fraction of sp³-hybridized carbons (Fsp3) is 0.267. The molecule has 0 atom stereocenters. The molecule has 2 aromatic rings. The van der Waals surface area contributed by atoms with Crippen LogP contribution in [-0.2, 0) is 10.0 Å². The number of aliphatic hydroxyl groups excluding tert-OH is 1. The van der Waals surface area contributed by atoms with Gasteiger partial charge >= 0.3 is 0 Å². The van der Waals surface area contributed by atoms with Crippen molar-refractivity contribution in [2.75, 3.05) is 17.5 Å². The van der Waals surface area contributed by atoms with Crippen molar-refractivity contribution in [2.24, 2.45) is 0 Å². The maximum atomic E-state index is 12.9. The topological polar surface area (TPSA) is 81.4 Å². The zero-order valence-corrected chi connectivity index (χ0v) is 13.9. The van der Waals surface area contributed by atoms with E-state index < -0.39 is 10.0 Å². The lowest BCUT2D eigenvalue weighted by atomic mass is 10.2. The lowest BCUT2D eigenvalue weighted by Gasteiger charge is -2.23. The first kappa shape index (κ1) is 16.5. The van der Waals surface area contributed by atoms with Crippen LogP contribution in [0.4, 0.5) is 5.69 Å². The molecule has 0 fully saturated rings. The molecule has 0 aliphatic rings. The molecule has 2 rings (SSSR count). The van der Waals surface area contributed by atoms with Gasteiger partial charge in [-0.2, -0.15) is 5.26 Å². The molecule has 1 N–H and O–H groups in total. The molecule has 22 heavy (non-hydrogen) atoms. The summed E-state index contributed by atoms with van der Waals surface area (Å²) in [4.78, 5) is 1.89. The Morgan fingerprint density at radius 1 is 1.27 bits per heavy atom. The monoisotopic (exact) mass is 336 g/mol. The number of thiophene rings is 1. The van der Waals surface area contributed by atoms with Gasteiger partial charge < -0.3 is 5.11 Å². The van der Waals surface area contributed by atoms with Crippen LogP contribution in [0.5, 0.6) is 0 Å². The lowest BCUT2D eigenvalue weighted by Crippen LogP contribution is -2.33. The standard InChI is InChI=1S/C15H16N2O3S2/c1-11-9-15(12(2)21-11)22(19,20)17(7-8-18)14-5-3-13(10-16)4-6-14/h3-6,9,18H,7-8H2,1-2H3. The van der Waals surface area contributed by atoms with Crippen LogP contribution >= 0.6 is 11.3 Å². The minimum absolute atomic E-state index is 0.0391. The number of aryl methyl sites for hydroxylation is 2. The van der Waals surface area contributed by atoms with E-state index in [0.717, 1.165) is 4.88 Å². The maximum Gasteiger partial charge on any atom is 0.265 e. The van der Waals surface area contributed by atoms with Gasteiger partial charge in [0.25, 0.3) is 10.0 Å². The smallest absolute Gasteiger partial charge is 0.265 e. The average Bonchev–Trinajstić information content (AvgIpc) is 2.84. The van der Waals surface area contributed by atoms with E-state index in [-0.39, 0.29) is 18.0 Å². The average molecular weight is 336 g/mol. The first-order chi connectivity index (χ1) is 10.4. The molecule has 116 valence electrons. The number of hydrogen-bond donors (Lipinski definition) is 1. The van der Waals surface area contributed by atoms with Gasteiger partial charge in [0, 0.05) is 9.75 Å². The van der Waals surface area contributed by atoms with Crippen molar-refractivity contribution in [3.63, 3.8) is 0 Å². The largest absolute Gasteiger partial charge is 0.394 e. The van der Waals surface area contributed by atoms with Gasteiger partial charge in [-0.25, -0.2) is 8.42 Å². The van der Waals surface area contributed by atoms with Crippen molar-refractivity contribution < 1.29 is 13.5 Å². The summed E-state index contributed by atoms with van der Waals surface area (Å²) in [6, 6.07) is 9.89. The van der Waals surface area contributed by atoms with Crippen LogP contribution in [0.1, 0.15) is 15.3 Å². The van der Waals surface area contributed by atoms with E-state index in [9.17, 15) is 13.5 Å². The molecule has 5 nitrogen and oxygen atoms in total. The Labute approximate surface area is 134 Å². The number of sulfonamides is 1. The fourth-order valence-corrected chi connectivity index (χ4v) is 5.15. The van der Waals surface area contributed by atoms with Crippen molar-refractivity contribution >= 4 is 27.0 Å². The van der Waals surface area contributed by atoms with E-state index in [1.54, 1.807) is 37.3 Å². The van der Waals surface area contributed by atoms with Crippen LogP contribution in [0.15, 0.2) is 35.2 Å². The first-order valence-corrected chi connectivity index (χ1v) is 8.86. The molecule has 0 amide bonds. The predicted octanol–water partition coefficient (Wildman–Crippen LogP) is 2.42. The second-order valence-electron chi connectivity index (χ2n) is 4.74. The van der Waals surface area contributed by atoms with E-state index in [1.807, 2.05) is 13.0 Å². The fourth-order valence-electron chi connectivity index (χ4n) is 2.16. The Balaban J connectivity index is 2.50. The molecule has 0 spiro atoms. The van der Waals surface area contributed by atoms with Crippen molar-refractivity contribution in [3.05, 3.63) is 45.6 Å². The minimum Gasteiger partial charge on any atom is -0.394 e. The number of nitriles is 1. The maximum absolute atomic E-state index is 12.9. The highest BCUT2D eigenvalue weighted by atomic mass is 32.2. The number of hydrogen-bond acceptors (Lipinski definition) is 5. The summed E-state index contributed by atoms with van der Waals surface area (Å²) in [6.07, 6.45) is 0. The molecular weight excluding hydrogens is 320 g/mol. The van der Waals surface area contributed by atoms with Gasteiger partial charge in [0.15, 0.2) is 0 Å². The summed E-state index contributed by atoms with van der Waals surface area (Å²) in [7, 11) is -3.74. The first-order valence-electron chi connectivity index (χ1n) is 6.61. The Kier molecular flexibility index (Phi) is 4.86. The lowest BCUT2D eigenvalue weighted by molar-refractivity contribution is 0.306. The summed E-state index contributed by atoms with van der Waals surface area (Å²) >= 11 is 1.42. The van der Waals surface area contributed by atoms with Crippen LogP contribution < -0.4 is 4.31 Å². The van der Waals surface area contributed by atoms with Gasteiger partial charge in [-0.3, -0.25) is 4.31 Å². The normalized spacial score (nSPS) is 11.2. The number of aliphatic hydroxyl groups is 1. The Hall–Kier alpha value is -1.88. The summed E-state index contributed by atoms with van der Waals surface area (Å²) in [6.45, 7) is 3.29. The molecule has 0 saturated carbocycles. The second-order valence-corrected chi connectivity index (χ2v) is 8.03. The predicted molar refractivity (Wildman–Crippen MR) is 86.6 cm³/mol. The summed E-state index contributed by atoms with van der Waals surface area (Å²) < 4.78 is 26.9. The van der Waals surface area contributed by atoms with Gasteiger partial charge in [0.05, 0.1) is 30.5 Å². The number of nitrogens with zero attached hydrogens (tertiary/aromatic N) is 2. The third kappa shape index (κ3) is 3.14. The number of anilines is 1. The van der Waals surface area contributed by atoms with Gasteiger partial charge in [-0.05, 0) is 44.2 Å². The molecule has 7 heteroatoms. The Morgan fingerprint density at radius 2 is 1.91 bits per heavy atom. The van der Waals surface area contributed by atoms with Crippen LogP contribution in [0.3, 0.4) is 0 Å². The Morgan fingerprint density at radius 3 is 2.36 bits per heavy atom. The van der Waals surface area contributed by atoms with Crippen molar-refractivity contribution in [1.29, 1.82) is 5.26 Å². The van der Waals surface area contributed by atoms with Crippen LogP contribution in [0, 0.1) is 25.2 Å². The molecule has 1 aromatic heterocycles. The summed E-state index contributed by atoms with van der Waals surface area (Å²) in [5.41, 5.74) is 0.879. The van der Waals surface area contributed by atoms with E-state index >= 15 is 0 Å². The van der Waals surface area contributed by atoms with E-state index in [0.29, 0.717) is 16.1 Å². The van der Waals surface area contributed by atoms with Crippen molar-refractivity contribution in [2.45, 2.75) is 18.7 Å². The van der Waals surface area contributed by atoms with Crippen LogP contribution in [0.25, 0.3) is 0 Å². The highest BCUT2D eigenvalue weighted by molar-refractivity contribution is 7.93. The number of benzene rings is 1. The quantitative estimate of drug-likeness (QED) is 0.909. The SMILES string of the molecule is Cc1cc(S(=O)(=O)N(CCO)c2ccc(C#N)cc2)c(C)s1. The third-order valence-corrected chi connectivity index (χ3v) is 6.20. The zero-order valence-electron chi connectivity index (χ0n) is 12.3. The number of rotatable bonds is 5. The molecule has 1 aromatic carbocycles. The van der Waals surface area contributed by atoms with Crippen molar-refractivity contribution in [3.8, 4) is 6.07 Å². The molecule has 0 bridgehead atoms. The van der Waals surface area contributed by atoms with Gasteiger partial charge in [0.1, 0.15) is 4.90 Å². The molecular formula is C15H16N2O3S2. The third-order valence-electron chi connectivity index (χ3n) is 3.15. The van der Waals surface area contributed by atoms with Crippen LogP contribution in [-0.4, -0.2) is 26.7 Å². The van der Waals surface area contributed by atoms with Crippen molar-refractivity contribution in [1.82, 2.24) is 0 Å².